The molecule has 1 amide bonds. The first kappa shape index (κ1) is 12.8. The maximum absolute atomic E-state index is 12.7. The van der Waals surface area contributed by atoms with Gasteiger partial charge in [-0.25, -0.2) is 9.18 Å². The van der Waals surface area contributed by atoms with Crippen LogP contribution in [0.1, 0.15) is 20.7 Å². The average Bonchev–Trinajstić information content (AvgIpc) is 2.46. The molecule has 0 saturated heterocycles. The highest BCUT2D eigenvalue weighted by Crippen LogP contribution is 2.03. The number of hydrogen-bond donors (Lipinski definition) is 1. The van der Waals surface area contributed by atoms with Gasteiger partial charge in [-0.3, -0.25) is 4.79 Å². The average molecular weight is 259 g/mol. The molecule has 0 spiro atoms. The Morgan fingerprint density at radius 3 is 2.16 bits per heavy atom. The van der Waals surface area contributed by atoms with Crippen LogP contribution in [-0.4, -0.2) is 11.9 Å². The molecular formula is C14H10FNO3. The maximum Gasteiger partial charge on any atom is 0.362 e. The molecule has 0 radical (unpaired) electrons. The quantitative estimate of drug-likeness (QED) is 0.842. The molecule has 0 aliphatic heterocycles. The smallest absolute Gasteiger partial charge is 0.335 e. The molecule has 1 N–H and O–H groups in total. The minimum absolute atomic E-state index is 0.197. The van der Waals surface area contributed by atoms with Crippen molar-refractivity contribution in [2.45, 2.75) is 0 Å². The lowest BCUT2D eigenvalue weighted by molar-refractivity contribution is 0.0230. The SMILES string of the molecule is O=C(NOC(=O)c1ccccc1)c1ccc(F)cc1. The number of carbonyl (C=O) groups is 2. The van der Waals surface area contributed by atoms with Gasteiger partial charge in [0.1, 0.15) is 5.82 Å². The lowest BCUT2D eigenvalue weighted by Crippen LogP contribution is -2.27. The number of rotatable bonds is 2. The zero-order valence-corrected chi connectivity index (χ0v) is 9.80. The Balaban J connectivity index is 1.94. The topological polar surface area (TPSA) is 55.4 Å². The van der Waals surface area contributed by atoms with Gasteiger partial charge in [-0.1, -0.05) is 18.2 Å². The molecule has 0 fully saturated rings. The first-order valence-electron chi connectivity index (χ1n) is 5.49. The van der Waals surface area contributed by atoms with Crippen molar-refractivity contribution in [1.82, 2.24) is 5.48 Å². The van der Waals surface area contributed by atoms with Crippen molar-refractivity contribution in [3.05, 3.63) is 71.5 Å². The molecule has 0 atom stereocenters. The number of benzene rings is 2. The van der Waals surface area contributed by atoms with E-state index in [9.17, 15) is 14.0 Å². The second-order valence-corrected chi connectivity index (χ2v) is 3.69. The van der Waals surface area contributed by atoms with Gasteiger partial charge in [0.2, 0.25) is 0 Å². The van der Waals surface area contributed by atoms with E-state index in [1.807, 2.05) is 5.48 Å². The molecule has 2 aromatic carbocycles. The molecule has 19 heavy (non-hydrogen) atoms. The molecule has 5 heteroatoms. The van der Waals surface area contributed by atoms with Crippen LogP contribution in [0.5, 0.6) is 0 Å². The Kier molecular flexibility index (Phi) is 3.87. The highest BCUT2D eigenvalue weighted by molar-refractivity contribution is 5.95. The van der Waals surface area contributed by atoms with Crippen LogP contribution in [0.25, 0.3) is 0 Å². The number of halogens is 1. The summed E-state index contributed by atoms with van der Waals surface area (Å²) in [6.45, 7) is 0. The predicted octanol–water partition coefficient (Wildman–Crippen LogP) is 2.33. The number of amides is 1. The normalized spacial score (nSPS) is 9.74. The molecule has 0 saturated carbocycles. The summed E-state index contributed by atoms with van der Waals surface area (Å²) in [6, 6.07) is 13.1. The first-order valence-corrected chi connectivity index (χ1v) is 5.49. The van der Waals surface area contributed by atoms with E-state index in [0.29, 0.717) is 5.56 Å². The number of carbonyl (C=O) groups excluding carboxylic acids is 2. The maximum atomic E-state index is 12.7. The molecule has 96 valence electrons. The molecule has 0 aliphatic rings. The zero-order valence-electron chi connectivity index (χ0n) is 9.80. The van der Waals surface area contributed by atoms with Gasteiger partial charge in [-0.2, -0.15) is 5.48 Å². The summed E-state index contributed by atoms with van der Waals surface area (Å²) in [7, 11) is 0. The molecule has 0 heterocycles. The fraction of sp³-hybridized carbons (Fsp3) is 0. The largest absolute Gasteiger partial charge is 0.362 e. The zero-order chi connectivity index (χ0) is 13.7. The molecule has 0 bridgehead atoms. The monoisotopic (exact) mass is 259 g/mol. The minimum Gasteiger partial charge on any atom is -0.335 e. The molecule has 4 nitrogen and oxygen atoms in total. The van der Waals surface area contributed by atoms with E-state index in [1.165, 1.54) is 12.1 Å². The van der Waals surface area contributed by atoms with Gasteiger partial charge in [0.05, 0.1) is 5.56 Å². The van der Waals surface area contributed by atoms with Crippen LogP contribution in [0, 0.1) is 5.82 Å². The molecule has 0 aliphatic carbocycles. The highest BCUT2D eigenvalue weighted by Gasteiger charge is 2.10. The van der Waals surface area contributed by atoms with Crippen LogP contribution in [0.4, 0.5) is 4.39 Å². The van der Waals surface area contributed by atoms with E-state index in [-0.39, 0.29) is 5.56 Å². The van der Waals surface area contributed by atoms with Crippen LogP contribution in [0.3, 0.4) is 0 Å². The van der Waals surface area contributed by atoms with Gasteiger partial charge in [-0.05, 0) is 36.4 Å². The van der Waals surface area contributed by atoms with E-state index < -0.39 is 17.7 Å². The van der Waals surface area contributed by atoms with Crippen molar-refractivity contribution in [3.8, 4) is 0 Å². The fourth-order valence-corrected chi connectivity index (χ4v) is 1.39. The van der Waals surface area contributed by atoms with Gasteiger partial charge < -0.3 is 4.84 Å². The van der Waals surface area contributed by atoms with Crippen molar-refractivity contribution in [3.63, 3.8) is 0 Å². The molecule has 0 aromatic heterocycles. The van der Waals surface area contributed by atoms with Crippen molar-refractivity contribution in [2.24, 2.45) is 0 Å². The van der Waals surface area contributed by atoms with Gasteiger partial charge in [0.15, 0.2) is 0 Å². The first-order chi connectivity index (χ1) is 9.16. The third kappa shape index (κ3) is 3.38. The van der Waals surface area contributed by atoms with E-state index in [4.69, 9.17) is 0 Å². The molecule has 2 aromatic rings. The van der Waals surface area contributed by atoms with Crippen molar-refractivity contribution >= 4 is 11.9 Å². The van der Waals surface area contributed by atoms with Gasteiger partial charge in [-0.15, -0.1) is 0 Å². The molecule has 2 rings (SSSR count). The van der Waals surface area contributed by atoms with Crippen molar-refractivity contribution in [1.29, 1.82) is 0 Å². The molecule has 0 unspecified atom stereocenters. The second-order valence-electron chi connectivity index (χ2n) is 3.69. The highest BCUT2D eigenvalue weighted by atomic mass is 19.1. The van der Waals surface area contributed by atoms with Crippen molar-refractivity contribution in [2.75, 3.05) is 0 Å². The standard InChI is InChI=1S/C14H10FNO3/c15-12-8-6-10(7-9-12)13(17)16-19-14(18)11-4-2-1-3-5-11/h1-9H,(H,16,17). The summed E-state index contributed by atoms with van der Waals surface area (Å²) in [5, 5.41) is 0. The van der Waals surface area contributed by atoms with Gasteiger partial charge in [0.25, 0.3) is 5.91 Å². The number of nitrogens with one attached hydrogen (secondary N) is 1. The molecular weight excluding hydrogens is 249 g/mol. The summed E-state index contributed by atoms with van der Waals surface area (Å²) in [4.78, 5) is 27.8. The van der Waals surface area contributed by atoms with Crippen LogP contribution in [0.15, 0.2) is 54.6 Å². The Hall–Kier alpha value is -2.69. The lowest BCUT2D eigenvalue weighted by atomic mass is 10.2. The Morgan fingerprint density at radius 2 is 1.53 bits per heavy atom. The Bertz CT molecular complexity index is 581. The summed E-state index contributed by atoms with van der Waals surface area (Å²) < 4.78 is 12.7. The van der Waals surface area contributed by atoms with Gasteiger partial charge in [0, 0.05) is 5.56 Å². The minimum atomic E-state index is -0.670. The Morgan fingerprint density at radius 1 is 0.895 bits per heavy atom. The summed E-state index contributed by atoms with van der Waals surface area (Å²) >= 11 is 0. The lowest BCUT2D eigenvalue weighted by Gasteiger charge is -2.05. The van der Waals surface area contributed by atoms with Crippen LogP contribution < -0.4 is 5.48 Å². The summed E-state index contributed by atoms with van der Waals surface area (Å²) in [5.74, 6) is -1.74. The van der Waals surface area contributed by atoms with E-state index in [0.717, 1.165) is 12.1 Å². The fourth-order valence-electron chi connectivity index (χ4n) is 1.39. The number of hydroxylamine groups is 1. The predicted molar refractivity (Wildman–Crippen MR) is 65.7 cm³/mol. The number of hydrogen-bond acceptors (Lipinski definition) is 3. The van der Waals surface area contributed by atoms with E-state index in [1.54, 1.807) is 30.3 Å². The Labute approximate surface area is 108 Å². The van der Waals surface area contributed by atoms with Crippen LogP contribution in [-0.2, 0) is 4.84 Å². The van der Waals surface area contributed by atoms with Crippen LogP contribution >= 0.6 is 0 Å². The van der Waals surface area contributed by atoms with Crippen molar-refractivity contribution < 1.29 is 18.8 Å². The third-order valence-electron chi connectivity index (χ3n) is 2.35. The summed E-state index contributed by atoms with van der Waals surface area (Å²) in [6.07, 6.45) is 0. The van der Waals surface area contributed by atoms with E-state index >= 15 is 0 Å². The third-order valence-corrected chi connectivity index (χ3v) is 2.35. The van der Waals surface area contributed by atoms with Crippen LogP contribution in [0.2, 0.25) is 0 Å². The van der Waals surface area contributed by atoms with E-state index in [2.05, 4.69) is 4.84 Å². The van der Waals surface area contributed by atoms with Gasteiger partial charge >= 0.3 is 5.97 Å². The summed E-state index contributed by atoms with van der Waals surface area (Å²) in [5.41, 5.74) is 2.52. The second kappa shape index (κ2) is 5.77.